The molecule has 0 unspecified atom stereocenters. The van der Waals surface area contributed by atoms with Crippen LogP contribution in [0.1, 0.15) is 46.0 Å². The molecule has 0 radical (unpaired) electrons. The molecule has 8 nitrogen and oxygen atoms in total. The van der Waals surface area contributed by atoms with E-state index in [1.165, 1.54) is 0 Å². The first-order chi connectivity index (χ1) is 14.1. The number of piperazine rings is 1. The SMILES string of the molecule is CCCNc1cc(N2CCC[C@H](CCC(=O)N3CCN(C(C)=O)CC3)C2)ncn1. The molecule has 1 aromatic rings. The molecule has 3 rings (SSSR count). The summed E-state index contributed by atoms with van der Waals surface area (Å²) in [4.78, 5) is 38.8. The Labute approximate surface area is 173 Å². The van der Waals surface area contributed by atoms with Gasteiger partial charge >= 0.3 is 0 Å². The van der Waals surface area contributed by atoms with Gasteiger partial charge in [-0.3, -0.25) is 9.59 Å². The van der Waals surface area contributed by atoms with Crippen molar-refractivity contribution in [2.75, 3.05) is 56.0 Å². The van der Waals surface area contributed by atoms with Crippen LogP contribution in [0, 0.1) is 5.92 Å². The highest BCUT2D eigenvalue weighted by Gasteiger charge is 2.25. The summed E-state index contributed by atoms with van der Waals surface area (Å²) in [5.74, 6) is 2.66. The molecule has 2 fully saturated rings. The van der Waals surface area contributed by atoms with E-state index in [0.29, 0.717) is 38.5 Å². The average Bonchev–Trinajstić information content (AvgIpc) is 2.76. The molecule has 0 aromatic carbocycles. The zero-order valence-electron chi connectivity index (χ0n) is 17.8. The quantitative estimate of drug-likeness (QED) is 0.751. The summed E-state index contributed by atoms with van der Waals surface area (Å²) in [6.45, 7) is 9.19. The van der Waals surface area contributed by atoms with E-state index in [4.69, 9.17) is 0 Å². The van der Waals surface area contributed by atoms with E-state index in [1.54, 1.807) is 13.3 Å². The molecular formula is C21H34N6O2. The maximum absolute atomic E-state index is 12.6. The van der Waals surface area contributed by atoms with Gasteiger partial charge < -0.3 is 20.0 Å². The van der Waals surface area contributed by atoms with Crippen molar-refractivity contribution in [3.63, 3.8) is 0 Å². The second-order valence-corrected chi connectivity index (χ2v) is 8.07. The van der Waals surface area contributed by atoms with E-state index in [1.807, 2.05) is 15.9 Å². The van der Waals surface area contributed by atoms with Crippen LogP contribution in [-0.4, -0.2) is 77.4 Å². The first-order valence-corrected chi connectivity index (χ1v) is 10.9. The number of aromatic nitrogens is 2. The maximum atomic E-state index is 12.6. The maximum Gasteiger partial charge on any atom is 0.222 e. The molecule has 2 saturated heterocycles. The zero-order valence-corrected chi connectivity index (χ0v) is 17.8. The third-order valence-electron chi connectivity index (χ3n) is 5.90. The summed E-state index contributed by atoms with van der Waals surface area (Å²) < 4.78 is 0. The van der Waals surface area contributed by atoms with E-state index in [2.05, 4.69) is 27.1 Å². The Kier molecular flexibility index (Phi) is 7.66. The van der Waals surface area contributed by atoms with Gasteiger partial charge in [-0.05, 0) is 31.6 Å². The normalized spacial score (nSPS) is 19.9. The lowest BCUT2D eigenvalue weighted by atomic mass is 9.93. The molecule has 160 valence electrons. The van der Waals surface area contributed by atoms with E-state index in [9.17, 15) is 9.59 Å². The second-order valence-electron chi connectivity index (χ2n) is 8.07. The van der Waals surface area contributed by atoms with Crippen LogP contribution in [0.2, 0.25) is 0 Å². The smallest absolute Gasteiger partial charge is 0.222 e. The van der Waals surface area contributed by atoms with Crippen LogP contribution in [-0.2, 0) is 9.59 Å². The fourth-order valence-electron chi connectivity index (χ4n) is 4.13. The molecular weight excluding hydrogens is 368 g/mol. The van der Waals surface area contributed by atoms with Gasteiger partial charge in [-0.15, -0.1) is 0 Å². The lowest BCUT2D eigenvalue weighted by molar-refractivity contribution is -0.138. The minimum atomic E-state index is 0.0946. The first-order valence-electron chi connectivity index (χ1n) is 10.9. The van der Waals surface area contributed by atoms with Crippen LogP contribution in [0.5, 0.6) is 0 Å². The minimum absolute atomic E-state index is 0.0946. The van der Waals surface area contributed by atoms with Gasteiger partial charge in [0, 0.05) is 65.2 Å². The lowest BCUT2D eigenvalue weighted by Crippen LogP contribution is -2.50. The summed E-state index contributed by atoms with van der Waals surface area (Å²) in [6, 6.07) is 2.03. The van der Waals surface area contributed by atoms with Gasteiger partial charge in [-0.1, -0.05) is 6.92 Å². The molecule has 8 heteroatoms. The average molecular weight is 403 g/mol. The van der Waals surface area contributed by atoms with Gasteiger partial charge in [0.1, 0.15) is 18.0 Å². The van der Waals surface area contributed by atoms with Crippen LogP contribution < -0.4 is 10.2 Å². The Hall–Kier alpha value is -2.38. The van der Waals surface area contributed by atoms with Crippen molar-refractivity contribution in [3.8, 4) is 0 Å². The number of carbonyl (C=O) groups is 2. The van der Waals surface area contributed by atoms with Crippen LogP contribution in [0.25, 0.3) is 0 Å². The van der Waals surface area contributed by atoms with E-state index >= 15 is 0 Å². The second kappa shape index (κ2) is 10.4. The molecule has 0 saturated carbocycles. The highest BCUT2D eigenvalue weighted by Crippen LogP contribution is 2.26. The molecule has 29 heavy (non-hydrogen) atoms. The van der Waals surface area contributed by atoms with Gasteiger partial charge in [-0.25, -0.2) is 9.97 Å². The number of piperidine rings is 1. The van der Waals surface area contributed by atoms with Gasteiger partial charge in [0.25, 0.3) is 0 Å². The molecule has 0 bridgehead atoms. The van der Waals surface area contributed by atoms with Crippen molar-refractivity contribution >= 4 is 23.5 Å². The highest BCUT2D eigenvalue weighted by atomic mass is 16.2. The summed E-state index contributed by atoms with van der Waals surface area (Å²) in [6.07, 6.45) is 6.47. The van der Waals surface area contributed by atoms with Crippen molar-refractivity contribution in [1.29, 1.82) is 0 Å². The number of hydrogen-bond donors (Lipinski definition) is 1. The van der Waals surface area contributed by atoms with Crippen molar-refractivity contribution < 1.29 is 9.59 Å². The predicted octanol–water partition coefficient (Wildman–Crippen LogP) is 1.99. The molecule has 3 heterocycles. The Bertz CT molecular complexity index is 690. The first kappa shape index (κ1) is 21.3. The molecule has 2 aliphatic heterocycles. The fraction of sp³-hybridized carbons (Fsp3) is 0.714. The fourth-order valence-corrected chi connectivity index (χ4v) is 4.13. The van der Waals surface area contributed by atoms with Gasteiger partial charge in [0.15, 0.2) is 0 Å². The Morgan fingerprint density at radius 2 is 1.90 bits per heavy atom. The van der Waals surface area contributed by atoms with Crippen molar-refractivity contribution in [3.05, 3.63) is 12.4 Å². The number of anilines is 2. The molecule has 2 amide bonds. The van der Waals surface area contributed by atoms with E-state index in [0.717, 1.165) is 57.0 Å². The van der Waals surface area contributed by atoms with E-state index < -0.39 is 0 Å². The third-order valence-corrected chi connectivity index (χ3v) is 5.90. The number of amides is 2. The Balaban J connectivity index is 1.46. The van der Waals surface area contributed by atoms with Crippen LogP contribution in [0.3, 0.4) is 0 Å². The van der Waals surface area contributed by atoms with E-state index in [-0.39, 0.29) is 11.8 Å². The molecule has 0 aliphatic carbocycles. The van der Waals surface area contributed by atoms with Crippen LogP contribution in [0.4, 0.5) is 11.6 Å². The predicted molar refractivity (Wildman–Crippen MR) is 114 cm³/mol. The van der Waals surface area contributed by atoms with Gasteiger partial charge in [0.2, 0.25) is 11.8 Å². The summed E-state index contributed by atoms with van der Waals surface area (Å²) in [7, 11) is 0. The van der Waals surface area contributed by atoms with Crippen molar-refractivity contribution in [2.45, 2.75) is 46.0 Å². The summed E-state index contributed by atoms with van der Waals surface area (Å²) >= 11 is 0. The number of nitrogens with one attached hydrogen (secondary N) is 1. The number of carbonyl (C=O) groups excluding carboxylic acids is 2. The van der Waals surface area contributed by atoms with Gasteiger partial charge in [0.05, 0.1) is 0 Å². The van der Waals surface area contributed by atoms with Crippen LogP contribution in [0.15, 0.2) is 12.4 Å². The van der Waals surface area contributed by atoms with Crippen molar-refractivity contribution in [1.82, 2.24) is 19.8 Å². The standard InChI is InChI=1S/C21H34N6O2/c1-3-8-22-19-14-20(24-16-23-19)27-9-4-5-18(15-27)6-7-21(29)26-12-10-25(11-13-26)17(2)28/h14,16,18H,3-13,15H2,1-2H3,(H,22,23,24)/t18-/m1/s1. The Morgan fingerprint density at radius 3 is 2.62 bits per heavy atom. The number of nitrogens with zero attached hydrogens (tertiary/aromatic N) is 5. The van der Waals surface area contributed by atoms with Crippen molar-refractivity contribution in [2.24, 2.45) is 5.92 Å². The third kappa shape index (κ3) is 6.05. The molecule has 0 spiro atoms. The highest BCUT2D eigenvalue weighted by molar-refractivity contribution is 5.77. The number of hydrogen-bond acceptors (Lipinski definition) is 6. The molecule has 1 atom stereocenters. The summed E-state index contributed by atoms with van der Waals surface area (Å²) in [5.41, 5.74) is 0. The molecule has 1 N–H and O–H groups in total. The van der Waals surface area contributed by atoms with Gasteiger partial charge in [-0.2, -0.15) is 0 Å². The zero-order chi connectivity index (χ0) is 20.6. The Morgan fingerprint density at radius 1 is 1.14 bits per heavy atom. The number of rotatable bonds is 7. The monoisotopic (exact) mass is 402 g/mol. The summed E-state index contributed by atoms with van der Waals surface area (Å²) in [5, 5.41) is 3.32. The minimum Gasteiger partial charge on any atom is -0.370 e. The topological polar surface area (TPSA) is 81.7 Å². The largest absolute Gasteiger partial charge is 0.370 e. The molecule has 1 aromatic heterocycles. The van der Waals surface area contributed by atoms with Crippen LogP contribution >= 0.6 is 0 Å². The molecule has 2 aliphatic rings. The lowest BCUT2D eigenvalue weighted by Gasteiger charge is -2.36.